The quantitative estimate of drug-likeness (QED) is 0.759. The normalized spacial score (nSPS) is 42.8. The van der Waals surface area contributed by atoms with Crippen molar-refractivity contribution in [3.05, 3.63) is 0 Å². The summed E-state index contributed by atoms with van der Waals surface area (Å²) in [6.07, 6.45) is 4.18. The van der Waals surface area contributed by atoms with E-state index in [-0.39, 0.29) is 12.0 Å². The zero-order valence-electron chi connectivity index (χ0n) is 11.4. The van der Waals surface area contributed by atoms with Gasteiger partial charge in [-0.25, -0.2) is 0 Å². The lowest BCUT2D eigenvalue weighted by molar-refractivity contribution is -0.137. The first-order valence-corrected chi connectivity index (χ1v) is 7.05. The molecule has 5 unspecified atom stereocenters. The highest BCUT2D eigenvalue weighted by Gasteiger charge is 2.36. The van der Waals surface area contributed by atoms with E-state index >= 15 is 0 Å². The fourth-order valence-electron chi connectivity index (χ4n) is 3.42. The predicted molar refractivity (Wildman–Crippen MR) is 69.4 cm³/mol. The van der Waals surface area contributed by atoms with Crippen molar-refractivity contribution in [3.8, 4) is 0 Å². The van der Waals surface area contributed by atoms with Crippen molar-refractivity contribution >= 4 is 5.91 Å². The van der Waals surface area contributed by atoms with Crippen LogP contribution in [0, 0.1) is 17.8 Å². The zero-order valence-corrected chi connectivity index (χ0v) is 11.4. The van der Waals surface area contributed by atoms with Crippen molar-refractivity contribution in [2.24, 2.45) is 23.5 Å². The molecule has 2 rings (SSSR count). The van der Waals surface area contributed by atoms with Crippen LogP contribution < -0.4 is 5.73 Å². The molecule has 1 amide bonds. The SMILES string of the molecule is CC1CC(C)N(C(=O)C2CCC(C)C(N)C2)C1. The van der Waals surface area contributed by atoms with E-state index in [9.17, 15) is 4.79 Å². The van der Waals surface area contributed by atoms with Crippen molar-refractivity contribution in [2.75, 3.05) is 6.54 Å². The number of amides is 1. The molecule has 0 aromatic heterocycles. The van der Waals surface area contributed by atoms with Crippen LogP contribution >= 0.6 is 0 Å². The molecule has 2 aliphatic rings. The van der Waals surface area contributed by atoms with Gasteiger partial charge in [0.25, 0.3) is 0 Å². The summed E-state index contributed by atoms with van der Waals surface area (Å²) in [6.45, 7) is 7.55. The molecule has 1 aliphatic heterocycles. The number of rotatable bonds is 1. The number of hydrogen-bond acceptors (Lipinski definition) is 2. The Hall–Kier alpha value is -0.570. The monoisotopic (exact) mass is 238 g/mol. The van der Waals surface area contributed by atoms with Gasteiger partial charge in [0.1, 0.15) is 0 Å². The Morgan fingerprint density at radius 2 is 1.88 bits per heavy atom. The Kier molecular flexibility index (Phi) is 3.76. The van der Waals surface area contributed by atoms with Gasteiger partial charge in [0, 0.05) is 24.5 Å². The molecule has 1 saturated carbocycles. The molecular formula is C14H26N2O. The Morgan fingerprint density at radius 1 is 1.18 bits per heavy atom. The second kappa shape index (κ2) is 4.97. The summed E-state index contributed by atoms with van der Waals surface area (Å²) in [7, 11) is 0. The van der Waals surface area contributed by atoms with Crippen molar-refractivity contribution in [1.29, 1.82) is 0 Å². The van der Waals surface area contributed by atoms with Crippen LogP contribution in [-0.2, 0) is 4.79 Å². The van der Waals surface area contributed by atoms with E-state index in [0.717, 1.165) is 32.2 Å². The van der Waals surface area contributed by atoms with Crippen LogP contribution in [-0.4, -0.2) is 29.4 Å². The minimum Gasteiger partial charge on any atom is -0.339 e. The molecule has 3 heteroatoms. The van der Waals surface area contributed by atoms with Crippen molar-refractivity contribution in [3.63, 3.8) is 0 Å². The Morgan fingerprint density at radius 3 is 2.41 bits per heavy atom. The third kappa shape index (κ3) is 2.65. The number of likely N-dealkylation sites (tertiary alicyclic amines) is 1. The predicted octanol–water partition coefficient (Wildman–Crippen LogP) is 2.01. The molecule has 0 radical (unpaired) electrons. The minimum absolute atomic E-state index is 0.189. The highest BCUT2D eigenvalue weighted by Crippen LogP contribution is 2.32. The fraction of sp³-hybridized carbons (Fsp3) is 0.929. The van der Waals surface area contributed by atoms with Crippen LogP contribution in [0.1, 0.15) is 46.5 Å². The van der Waals surface area contributed by atoms with Crippen LogP contribution in [0.2, 0.25) is 0 Å². The van der Waals surface area contributed by atoms with Crippen molar-refractivity contribution in [1.82, 2.24) is 4.90 Å². The summed E-state index contributed by atoms with van der Waals surface area (Å²) < 4.78 is 0. The maximum absolute atomic E-state index is 12.5. The summed E-state index contributed by atoms with van der Waals surface area (Å²) in [5.74, 6) is 1.79. The lowest BCUT2D eigenvalue weighted by atomic mass is 9.79. The molecule has 17 heavy (non-hydrogen) atoms. The van der Waals surface area contributed by atoms with E-state index in [0.29, 0.717) is 23.8 Å². The molecule has 3 nitrogen and oxygen atoms in total. The van der Waals surface area contributed by atoms with Gasteiger partial charge >= 0.3 is 0 Å². The highest BCUT2D eigenvalue weighted by molar-refractivity contribution is 5.79. The molecule has 1 aliphatic carbocycles. The van der Waals surface area contributed by atoms with Gasteiger partial charge in [0.05, 0.1) is 0 Å². The molecule has 2 fully saturated rings. The van der Waals surface area contributed by atoms with E-state index in [1.165, 1.54) is 0 Å². The molecule has 1 heterocycles. The number of nitrogens with zero attached hydrogens (tertiary/aromatic N) is 1. The summed E-state index contributed by atoms with van der Waals surface area (Å²) in [5, 5.41) is 0. The third-order valence-corrected chi connectivity index (χ3v) is 4.67. The van der Waals surface area contributed by atoms with Crippen LogP contribution in [0.5, 0.6) is 0 Å². The molecule has 5 atom stereocenters. The maximum atomic E-state index is 12.5. The average Bonchev–Trinajstić information content (AvgIpc) is 2.61. The number of hydrogen-bond donors (Lipinski definition) is 1. The molecule has 0 bridgehead atoms. The highest BCUT2D eigenvalue weighted by atomic mass is 16.2. The largest absolute Gasteiger partial charge is 0.339 e. The van der Waals surface area contributed by atoms with E-state index < -0.39 is 0 Å². The van der Waals surface area contributed by atoms with Crippen LogP contribution in [0.3, 0.4) is 0 Å². The number of carbonyl (C=O) groups is 1. The average molecular weight is 238 g/mol. The van der Waals surface area contributed by atoms with Crippen molar-refractivity contribution in [2.45, 2.75) is 58.5 Å². The van der Waals surface area contributed by atoms with Gasteiger partial charge < -0.3 is 10.6 Å². The second-order valence-electron chi connectivity index (χ2n) is 6.33. The molecule has 1 saturated heterocycles. The topological polar surface area (TPSA) is 46.3 Å². The van der Waals surface area contributed by atoms with Gasteiger partial charge in [-0.05, 0) is 44.4 Å². The zero-order chi connectivity index (χ0) is 12.6. The van der Waals surface area contributed by atoms with Gasteiger partial charge in [-0.1, -0.05) is 13.8 Å². The summed E-state index contributed by atoms with van der Waals surface area (Å²) in [4.78, 5) is 14.6. The van der Waals surface area contributed by atoms with Crippen LogP contribution in [0.15, 0.2) is 0 Å². The van der Waals surface area contributed by atoms with E-state index in [2.05, 4.69) is 25.7 Å². The molecule has 98 valence electrons. The molecular weight excluding hydrogens is 212 g/mol. The first-order valence-electron chi connectivity index (χ1n) is 7.05. The maximum Gasteiger partial charge on any atom is 0.225 e. The number of nitrogens with two attached hydrogens (primary N) is 1. The van der Waals surface area contributed by atoms with Crippen LogP contribution in [0.25, 0.3) is 0 Å². The first kappa shape index (κ1) is 12.9. The Balaban J connectivity index is 1.96. The molecule has 0 aromatic rings. The summed E-state index contributed by atoms with van der Waals surface area (Å²) >= 11 is 0. The van der Waals surface area contributed by atoms with E-state index in [1.807, 2.05) is 0 Å². The summed E-state index contributed by atoms with van der Waals surface area (Å²) in [6, 6.07) is 0.640. The lowest BCUT2D eigenvalue weighted by Crippen LogP contribution is -2.44. The van der Waals surface area contributed by atoms with Crippen LogP contribution in [0.4, 0.5) is 0 Å². The van der Waals surface area contributed by atoms with Gasteiger partial charge in [0.15, 0.2) is 0 Å². The van der Waals surface area contributed by atoms with Crippen molar-refractivity contribution < 1.29 is 4.79 Å². The smallest absolute Gasteiger partial charge is 0.225 e. The summed E-state index contributed by atoms with van der Waals surface area (Å²) in [5.41, 5.74) is 6.10. The molecule has 2 N–H and O–H groups in total. The fourth-order valence-corrected chi connectivity index (χ4v) is 3.42. The van der Waals surface area contributed by atoms with Gasteiger partial charge in [-0.2, -0.15) is 0 Å². The van der Waals surface area contributed by atoms with E-state index in [4.69, 9.17) is 5.73 Å². The Labute approximate surface area is 105 Å². The molecule has 0 spiro atoms. The van der Waals surface area contributed by atoms with Gasteiger partial charge in [0.2, 0.25) is 5.91 Å². The minimum atomic E-state index is 0.189. The standard InChI is InChI=1S/C14H26N2O/c1-9-6-11(3)16(8-9)14(17)12-5-4-10(2)13(15)7-12/h9-13H,4-8,15H2,1-3H3. The van der Waals surface area contributed by atoms with Gasteiger partial charge in [-0.3, -0.25) is 4.79 Å². The van der Waals surface area contributed by atoms with Gasteiger partial charge in [-0.15, -0.1) is 0 Å². The van der Waals surface area contributed by atoms with E-state index in [1.54, 1.807) is 0 Å². The third-order valence-electron chi connectivity index (χ3n) is 4.67. The second-order valence-corrected chi connectivity index (χ2v) is 6.33. The Bertz CT molecular complexity index is 292. The molecule has 0 aromatic carbocycles. The number of carbonyl (C=O) groups excluding carboxylic acids is 1. The first-order chi connectivity index (χ1) is 7.99. The lowest BCUT2D eigenvalue weighted by Gasteiger charge is -2.34.